The number of rotatable bonds is 11. The second-order valence-electron chi connectivity index (χ2n) is 8.79. The van der Waals surface area contributed by atoms with Crippen molar-refractivity contribution in [2.24, 2.45) is 0 Å². The Bertz CT molecular complexity index is 1580. The van der Waals surface area contributed by atoms with Crippen LogP contribution in [0.4, 0.5) is 11.4 Å². The van der Waals surface area contributed by atoms with Gasteiger partial charge in [-0.15, -0.1) is 11.8 Å². The smallest absolute Gasteiger partial charge is 0.272 e. The number of amides is 3. The minimum absolute atomic E-state index is 0.0965. The molecular weight excluding hydrogens is 574 g/mol. The number of carbonyl (C=O) groups excluding carboxylic acids is 3. The average Bonchev–Trinajstić information content (AvgIpc) is 3.01. The maximum Gasteiger partial charge on any atom is 0.272 e. The van der Waals surface area contributed by atoms with Crippen molar-refractivity contribution < 1.29 is 23.9 Å². The van der Waals surface area contributed by atoms with E-state index in [1.807, 2.05) is 36.4 Å². The summed E-state index contributed by atoms with van der Waals surface area (Å²) in [4.78, 5) is 39.4. The molecule has 4 aromatic carbocycles. The van der Waals surface area contributed by atoms with Gasteiger partial charge in [0.15, 0.2) is 0 Å². The third kappa shape index (κ3) is 8.39. The van der Waals surface area contributed by atoms with Crippen molar-refractivity contribution in [3.8, 4) is 11.5 Å². The summed E-state index contributed by atoms with van der Waals surface area (Å²) >= 11 is 7.51. The Kier molecular flexibility index (Phi) is 10.6. The maximum absolute atomic E-state index is 13.2. The number of nitrogens with one attached hydrogen (secondary N) is 3. The zero-order valence-corrected chi connectivity index (χ0v) is 24.4. The minimum Gasteiger partial charge on any atom is -0.495 e. The van der Waals surface area contributed by atoms with Crippen LogP contribution < -0.4 is 25.4 Å². The van der Waals surface area contributed by atoms with Crippen LogP contribution in [0.2, 0.25) is 5.02 Å². The molecular formula is C32H28ClN3O5S. The van der Waals surface area contributed by atoms with Crippen LogP contribution in [0.1, 0.15) is 15.9 Å². The van der Waals surface area contributed by atoms with Gasteiger partial charge in [0.2, 0.25) is 5.91 Å². The molecule has 0 heterocycles. The fourth-order valence-electron chi connectivity index (χ4n) is 3.78. The van der Waals surface area contributed by atoms with E-state index in [1.54, 1.807) is 66.7 Å². The van der Waals surface area contributed by atoms with E-state index in [1.165, 1.54) is 26.0 Å². The van der Waals surface area contributed by atoms with Crippen LogP contribution in [0, 0.1) is 0 Å². The van der Waals surface area contributed by atoms with E-state index in [9.17, 15) is 14.4 Å². The molecule has 0 saturated heterocycles. The van der Waals surface area contributed by atoms with Crippen LogP contribution in [0.5, 0.6) is 11.5 Å². The summed E-state index contributed by atoms with van der Waals surface area (Å²) in [6.45, 7) is 0. The van der Waals surface area contributed by atoms with Crippen LogP contribution in [0.15, 0.2) is 108 Å². The lowest BCUT2D eigenvalue weighted by Crippen LogP contribution is -2.30. The van der Waals surface area contributed by atoms with Gasteiger partial charge >= 0.3 is 0 Å². The fraction of sp³-hybridized carbons (Fsp3) is 0.0938. The molecule has 8 nitrogen and oxygen atoms in total. The zero-order chi connectivity index (χ0) is 29.9. The van der Waals surface area contributed by atoms with Gasteiger partial charge in [0.05, 0.1) is 30.7 Å². The van der Waals surface area contributed by atoms with Crippen molar-refractivity contribution in [3.63, 3.8) is 0 Å². The predicted molar refractivity (Wildman–Crippen MR) is 167 cm³/mol. The highest BCUT2D eigenvalue weighted by atomic mass is 35.5. The quantitative estimate of drug-likeness (QED) is 0.134. The molecule has 4 aromatic rings. The number of carbonyl (C=O) groups is 3. The molecule has 0 aromatic heterocycles. The van der Waals surface area contributed by atoms with Gasteiger partial charge in [-0.2, -0.15) is 0 Å². The Labute approximate surface area is 253 Å². The van der Waals surface area contributed by atoms with Crippen molar-refractivity contribution in [1.82, 2.24) is 5.32 Å². The molecule has 214 valence electrons. The molecule has 42 heavy (non-hydrogen) atoms. The average molecular weight is 602 g/mol. The van der Waals surface area contributed by atoms with Gasteiger partial charge in [-0.05, 0) is 54.1 Å². The molecule has 0 saturated carbocycles. The van der Waals surface area contributed by atoms with Gasteiger partial charge in [-0.25, -0.2) is 0 Å². The molecule has 0 bridgehead atoms. The monoisotopic (exact) mass is 601 g/mol. The van der Waals surface area contributed by atoms with Gasteiger partial charge in [0, 0.05) is 22.2 Å². The largest absolute Gasteiger partial charge is 0.495 e. The highest BCUT2D eigenvalue weighted by Crippen LogP contribution is 2.36. The molecule has 0 spiro atoms. The van der Waals surface area contributed by atoms with Crippen LogP contribution in [0.3, 0.4) is 0 Å². The number of anilines is 2. The normalized spacial score (nSPS) is 10.9. The van der Waals surface area contributed by atoms with E-state index in [4.69, 9.17) is 21.1 Å². The highest BCUT2D eigenvalue weighted by molar-refractivity contribution is 8.00. The first-order chi connectivity index (χ1) is 20.4. The third-order valence-corrected chi connectivity index (χ3v) is 7.18. The lowest BCUT2D eigenvalue weighted by Gasteiger charge is -2.13. The van der Waals surface area contributed by atoms with E-state index in [0.29, 0.717) is 33.5 Å². The first-order valence-corrected chi connectivity index (χ1v) is 14.1. The summed E-state index contributed by atoms with van der Waals surface area (Å²) in [7, 11) is 2.99. The van der Waals surface area contributed by atoms with Crippen molar-refractivity contribution in [2.45, 2.75) is 4.90 Å². The number of thioether (sulfide) groups is 1. The fourth-order valence-corrected chi connectivity index (χ4v) is 4.72. The summed E-state index contributed by atoms with van der Waals surface area (Å²) in [5.74, 6) is -0.123. The SMILES string of the molecule is COc1cc(OC)c(NC(=O)CSc2ccc(NC(=O)/C(=C/c3ccccc3)NC(=O)c3ccccc3)cc2)cc1Cl. The van der Waals surface area contributed by atoms with Crippen LogP contribution in [0.25, 0.3) is 6.08 Å². The molecule has 0 radical (unpaired) electrons. The third-order valence-electron chi connectivity index (χ3n) is 5.87. The van der Waals surface area contributed by atoms with E-state index >= 15 is 0 Å². The number of hydrogen-bond donors (Lipinski definition) is 3. The van der Waals surface area contributed by atoms with Crippen LogP contribution >= 0.6 is 23.4 Å². The predicted octanol–water partition coefficient (Wildman–Crippen LogP) is 6.50. The zero-order valence-electron chi connectivity index (χ0n) is 22.8. The lowest BCUT2D eigenvalue weighted by molar-refractivity contribution is -0.114. The van der Waals surface area contributed by atoms with Gasteiger partial charge in [0.25, 0.3) is 11.8 Å². The molecule has 0 fully saturated rings. The molecule has 10 heteroatoms. The Morgan fingerprint density at radius 1 is 0.810 bits per heavy atom. The second kappa shape index (κ2) is 14.8. The van der Waals surface area contributed by atoms with Crippen molar-refractivity contribution in [3.05, 3.63) is 119 Å². The Balaban J connectivity index is 1.38. The highest BCUT2D eigenvalue weighted by Gasteiger charge is 2.16. The molecule has 4 rings (SSSR count). The van der Waals surface area contributed by atoms with Gasteiger partial charge in [-0.3, -0.25) is 14.4 Å². The van der Waals surface area contributed by atoms with Crippen LogP contribution in [-0.4, -0.2) is 37.7 Å². The summed E-state index contributed by atoms with van der Waals surface area (Å²) in [6, 6.07) is 28.1. The van der Waals surface area contributed by atoms with E-state index < -0.39 is 11.8 Å². The topological polar surface area (TPSA) is 106 Å². The minimum atomic E-state index is -0.477. The summed E-state index contributed by atoms with van der Waals surface area (Å²) < 4.78 is 10.5. The van der Waals surface area contributed by atoms with Crippen LogP contribution in [-0.2, 0) is 9.59 Å². The molecule has 0 unspecified atom stereocenters. The maximum atomic E-state index is 13.2. The first kappa shape index (κ1) is 30.2. The van der Waals surface area contributed by atoms with Crippen molar-refractivity contribution in [1.29, 1.82) is 0 Å². The Hall–Kier alpha value is -4.73. The second-order valence-corrected chi connectivity index (χ2v) is 10.2. The summed E-state index contributed by atoms with van der Waals surface area (Å²) in [5.41, 5.74) is 2.25. The Morgan fingerprint density at radius 2 is 1.45 bits per heavy atom. The molecule has 0 aliphatic carbocycles. The lowest BCUT2D eigenvalue weighted by atomic mass is 10.1. The number of ether oxygens (including phenoxy) is 2. The summed E-state index contributed by atoms with van der Waals surface area (Å²) in [5, 5.41) is 8.69. The molecule has 0 aliphatic heterocycles. The number of benzene rings is 4. The number of hydrogen-bond acceptors (Lipinski definition) is 6. The molecule has 3 N–H and O–H groups in total. The summed E-state index contributed by atoms with van der Waals surface area (Å²) in [6.07, 6.45) is 1.62. The van der Waals surface area contributed by atoms with E-state index in [2.05, 4.69) is 16.0 Å². The molecule has 0 atom stereocenters. The Morgan fingerprint density at radius 3 is 2.10 bits per heavy atom. The first-order valence-electron chi connectivity index (χ1n) is 12.7. The number of halogens is 1. The standard InChI is InChI=1S/C32H28ClN3O5S/c1-40-28-19-29(41-2)26(18-25(28)33)35-30(37)20-42-24-15-13-23(14-16-24)34-32(39)27(17-21-9-5-3-6-10-21)36-31(38)22-11-7-4-8-12-22/h3-19H,20H2,1-2H3,(H,34,39)(H,35,37)(H,36,38)/b27-17-. The van der Waals surface area contributed by atoms with Gasteiger partial charge in [-0.1, -0.05) is 60.1 Å². The van der Waals surface area contributed by atoms with Gasteiger partial charge in [0.1, 0.15) is 17.2 Å². The molecule has 0 aliphatic rings. The van der Waals surface area contributed by atoms with E-state index in [-0.39, 0.29) is 17.4 Å². The molecule has 3 amide bonds. The van der Waals surface area contributed by atoms with Crippen molar-refractivity contribution >= 4 is 58.5 Å². The van der Waals surface area contributed by atoms with Crippen molar-refractivity contribution in [2.75, 3.05) is 30.6 Å². The van der Waals surface area contributed by atoms with E-state index in [0.717, 1.165) is 10.5 Å². The van der Waals surface area contributed by atoms with Gasteiger partial charge < -0.3 is 25.4 Å². The number of methoxy groups -OCH3 is 2.